The number of nitrogens with zero attached hydrogens (tertiary/aromatic N) is 3. The highest BCUT2D eigenvalue weighted by Crippen LogP contribution is 2.14. The first kappa shape index (κ1) is 13.1. The van der Waals surface area contributed by atoms with Gasteiger partial charge in [-0.3, -0.25) is 0 Å². The van der Waals surface area contributed by atoms with Crippen LogP contribution in [-0.2, 0) is 17.6 Å². The lowest BCUT2D eigenvalue weighted by molar-refractivity contribution is 0.0213. The summed E-state index contributed by atoms with van der Waals surface area (Å²) in [4.78, 5) is 4.57. The molecule has 1 aliphatic heterocycles. The second-order valence-corrected chi connectivity index (χ2v) is 4.86. The van der Waals surface area contributed by atoms with Crippen molar-refractivity contribution in [1.29, 1.82) is 0 Å². The third-order valence-corrected chi connectivity index (χ3v) is 3.35. The lowest BCUT2D eigenvalue weighted by atomic mass is 10.1. The highest BCUT2D eigenvalue weighted by molar-refractivity contribution is 5.16. The summed E-state index contributed by atoms with van der Waals surface area (Å²) in [5, 5.41) is 11.4. The van der Waals surface area contributed by atoms with E-state index in [0.717, 1.165) is 31.6 Å². The van der Waals surface area contributed by atoms with Gasteiger partial charge in [0.2, 0.25) is 0 Å². The van der Waals surface area contributed by atoms with Gasteiger partial charge in [0.1, 0.15) is 6.10 Å². The molecule has 0 bridgehead atoms. The molecule has 104 valence electrons. The van der Waals surface area contributed by atoms with Crippen LogP contribution in [0.2, 0.25) is 0 Å². The van der Waals surface area contributed by atoms with Crippen molar-refractivity contribution in [2.45, 2.75) is 18.9 Å². The molecule has 1 atom stereocenters. The van der Waals surface area contributed by atoms with Crippen molar-refractivity contribution in [2.75, 3.05) is 19.7 Å². The van der Waals surface area contributed by atoms with E-state index >= 15 is 0 Å². The van der Waals surface area contributed by atoms with E-state index in [-0.39, 0.29) is 6.10 Å². The van der Waals surface area contributed by atoms with Crippen LogP contribution >= 0.6 is 0 Å². The fourth-order valence-corrected chi connectivity index (χ4v) is 2.26. The lowest BCUT2D eigenvalue weighted by Crippen LogP contribution is -2.34. The zero-order chi connectivity index (χ0) is 13.6. The number of ether oxygens (including phenoxy) is 1. The van der Waals surface area contributed by atoms with Crippen molar-refractivity contribution < 1.29 is 4.74 Å². The van der Waals surface area contributed by atoms with Gasteiger partial charge < -0.3 is 10.1 Å². The molecular formula is C15H18N4O. The molecule has 1 saturated heterocycles. The maximum absolute atomic E-state index is 5.65. The van der Waals surface area contributed by atoms with Crippen LogP contribution in [0.1, 0.15) is 23.2 Å². The van der Waals surface area contributed by atoms with Gasteiger partial charge in [-0.15, -0.1) is 5.10 Å². The molecule has 5 heteroatoms. The molecule has 5 nitrogen and oxygen atoms in total. The largest absolute Gasteiger partial charge is 0.367 e. The fraction of sp³-hybridized carbons (Fsp3) is 0.400. The number of aryl methyl sites for hydroxylation is 2. The summed E-state index contributed by atoms with van der Waals surface area (Å²) in [5.41, 5.74) is 2.27. The van der Waals surface area contributed by atoms with Gasteiger partial charge in [-0.05, 0) is 18.4 Å². The molecule has 0 aliphatic carbocycles. The van der Waals surface area contributed by atoms with Crippen LogP contribution in [0.4, 0.5) is 0 Å². The van der Waals surface area contributed by atoms with Crippen molar-refractivity contribution in [3.05, 3.63) is 53.6 Å². The van der Waals surface area contributed by atoms with E-state index < -0.39 is 0 Å². The first-order valence-corrected chi connectivity index (χ1v) is 6.96. The van der Waals surface area contributed by atoms with Crippen LogP contribution in [0.3, 0.4) is 0 Å². The van der Waals surface area contributed by atoms with Crippen molar-refractivity contribution in [3.8, 4) is 0 Å². The average Bonchev–Trinajstić information content (AvgIpc) is 2.55. The van der Waals surface area contributed by atoms with Crippen LogP contribution in [0.25, 0.3) is 0 Å². The van der Waals surface area contributed by atoms with Gasteiger partial charge >= 0.3 is 0 Å². The minimum absolute atomic E-state index is 0.0760. The molecule has 3 rings (SSSR count). The van der Waals surface area contributed by atoms with E-state index in [1.54, 1.807) is 6.20 Å². The van der Waals surface area contributed by atoms with Gasteiger partial charge in [0, 0.05) is 13.1 Å². The lowest BCUT2D eigenvalue weighted by Gasteiger charge is -2.22. The summed E-state index contributed by atoms with van der Waals surface area (Å²) >= 11 is 0. The predicted molar refractivity (Wildman–Crippen MR) is 75.2 cm³/mol. The number of morpholine rings is 1. The molecule has 1 N–H and O–H groups in total. The Hall–Kier alpha value is -1.85. The van der Waals surface area contributed by atoms with E-state index in [2.05, 4.69) is 44.8 Å². The second kappa shape index (κ2) is 6.54. The van der Waals surface area contributed by atoms with Gasteiger partial charge in [-0.1, -0.05) is 30.3 Å². The first-order chi connectivity index (χ1) is 9.92. The standard InChI is InChI=1S/C15H18N4O/c1-2-4-12(5-3-1)6-7-13-10-17-19-15(18-13)14-11-16-8-9-20-14/h1-5,10,14,16H,6-9,11H2. The number of hydrogen-bond donors (Lipinski definition) is 1. The van der Waals surface area contributed by atoms with Gasteiger partial charge in [0.05, 0.1) is 18.5 Å². The van der Waals surface area contributed by atoms with E-state index in [1.807, 2.05) is 6.07 Å². The van der Waals surface area contributed by atoms with Crippen LogP contribution in [0.5, 0.6) is 0 Å². The normalized spacial score (nSPS) is 18.9. The Kier molecular flexibility index (Phi) is 4.30. The summed E-state index contributed by atoms with van der Waals surface area (Å²) in [6, 6.07) is 10.4. The van der Waals surface area contributed by atoms with E-state index in [9.17, 15) is 0 Å². The maximum Gasteiger partial charge on any atom is 0.181 e. The van der Waals surface area contributed by atoms with Crippen LogP contribution in [0, 0.1) is 0 Å². The van der Waals surface area contributed by atoms with Gasteiger partial charge in [0.15, 0.2) is 5.82 Å². The number of aromatic nitrogens is 3. The molecule has 0 saturated carbocycles. The SMILES string of the molecule is c1ccc(CCc2cnnc(C3CNCCO3)n2)cc1. The number of rotatable bonds is 4. The Bertz CT molecular complexity index is 541. The molecule has 1 aromatic heterocycles. The Morgan fingerprint density at radius 1 is 1.20 bits per heavy atom. The van der Waals surface area contributed by atoms with Crippen molar-refractivity contribution >= 4 is 0 Å². The molecule has 0 amide bonds. The molecule has 0 spiro atoms. The van der Waals surface area contributed by atoms with Crippen LogP contribution in [0.15, 0.2) is 36.5 Å². The van der Waals surface area contributed by atoms with Gasteiger partial charge in [-0.2, -0.15) is 5.10 Å². The Balaban J connectivity index is 1.65. The summed E-state index contributed by atoms with van der Waals surface area (Å²) in [5.74, 6) is 0.683. The summed E-state index contributed by atoms with van der Waals surface area (Å²) < 4.78 is 5.65. The number of benzene rings is 1. The highest BCUT2D eigenvalue weighted by Gasteiger charge is 2.19. The Labute approximate surface area is 118 Å². The van der Waals surface area contributed by atoms with Crippen molar-refractivity contribution in [3.63, 3.8) is 0 Å². The zero-order valence-corrected chi connectivity index (χ0v) is 11.3. The van der Waals surface area contributed by atoms with E-state index in [4.69, 9.17) is 4.74 Å². The average molecular weight is 270 g/mol. The third kappa shape index (κ3) is 3.37. The second-order valence-electron chi connectivity index (χ2n) is 4.86. The van der Waals surface area contributed by atoms with Crippen LogP contribution in [-0.4, -0.2) is 34.9 Å². The smallest absolute Gasteiger partial charge is 0.181 e. The fourth-order valence-electron chi connectivity index (χ4n) is 2.26. The molecule has 1 aromatic carbocycles. The molecule has 0 radical (unpaired) electrons. The molecule has 2 aromatic rings. The van der Waals surface area contributed by atoms with Crippen molar-refractivity contribution in [2.24, 2.45) is 0 Å². The first-order valence-electron chi connectivity index (χ1n) is 6.96. The van der Waals surface area contributed by atoms with E-state index in [1.165, 1.54) is 5.56 Å². The molecule has 2 heterocycles. The number of nitrogens with one attached hydrogen (secondary N) is 1. The Morgan fingerprint density at radius 3 is 2.90 bits per heavy atom. The minimum atomic E-state index is -0.0760. The molecule has 1 unspecified atom stereocenters. The van der Waals surface area contributed by atoms with Crippen LogP contribution < -0.4 is 5.32 Å². The van der Waals surface area contributed by atoms with Gasteiger partial charge in [-0.25, -0.2) is 4.98 Å². The maximum atomic E-state index is 5.65. The summed E-state index contributed by atoms with van der Waals surface area (Å²) in [6.45, 7) is 2.34. The Morgan fingerprint density at radius 2 is 2.10 bits per heavy atom. The van der Waals surface area contributed by atoms with E-state index in [0.29, 0.717) is 12.4 Å². The number of hydrogen-bond acceptors (Lipinski definition) is 5. The molecule has 20 heavy (non-hydrogen) atoms. The van der Waals surface area contributed by atoms with Gasteiger partial charge in [0.25, 0.3) is 0 Å². The third-order valence-electron chi connectivity index (χ3n) is 3.35. The van der Waals surface area contributed by atoms with Crippen molar-refractivity contribution in [1.82, 2.24) is 20.5 Å². The molecule has 1 aliphatic rings. The highest BCUT2D eigenvalue weighted by atomic mass is 16.5. The zero-order valence-electron chi connectivity index (χ0n) is 11.3. The quantitative estimate of drug-likeness (QED) is 0.908. The molecular weight excluding hydrogens is 252 g/mol. The topological polar surface area (TPSA) is 59.9 Å². The molecule has 1 fully saturated rings. The predicted octanol–water partition coefficient (Wildman–Crippen LogP) is 1.32. The minimum Gasteiger partial charge on any atom is -0.367 e. The summed E-state index contributed by atoms with van der Waals surface area (Å²) in [6.07, 6.45) is 3.49. The summed E-state index contributed by atoms with van der Waals surface area (Å²) in [7, 11) is 0. The monoisotopic (exact) mass is 270 g/mol.